The zero-order valence-corrected chi connectivity index (χ0v) is 17.9. The maximum atomic E-state index is 6.48. The van der Waals surface area contributed by atoms with Gasteiger partial charge in [0.2, 0.25) is 0 Å². The largest absolute Gasteiger partial charge is 0.382 e. The zero-order chi connectivity index (χ0) is 21.5. The van der Waals surface area contributed by atoms with Crippen molar-refractivity contribution in [3.05, 3.63) is 12.2 Å². The maximum absolute atomic E-state index is 6.48. The molecule has 166 valence electrons. The molecular formula is C19H31N7O4. The SMILES string of the molecule is Cc1nc2c(N)ncnc2n1[C@@H]1O[C@H](CN(C)CCCCON)[C@H]2OC(C)(C)O[C@H]21. The number of unbranched alkanes of at least 4 members (excludes halogenated alkanes) is 1. The molecule has 0 saturated carbocycles. The average Bonchev–Trinajstić information content (AvgIpc) is 3.28. The summed E-state index contributed by atoms with van der Waals surface area (Å²) in [6, 6.07) is 0. The molecule has 11 nitrogen and oxygen atoms in total. The van der Waals surface area contributed by atoms with E-state index in [1.165, 1.54) is 6.33 Å². The van der Waals surface area contributed by atoms with Crippen LogP contribution >= 0.6 is 0 Å². The number of ether oxygens (including phenoxy) is 3. The molecule has 0 aromatic carbocycles. The molecule has 0 radical (unpaired) electrons. The second-order valence-corrected chi connectivity index (χ2v) is 8.43. The first-order valence-corrected chi connectivity index (χ1v) is 10.3. The molecule has 11 heteroatoms. The van der Waals surface area contributed by atoms with Crippen molar-refractivity contribution in [1.82, 2.24) is 24.4 Å². The summed E-state index contributed by atoms with van der Waals surface area (Å²) < 4.78 is 20.9. The molecule has 2 aliphatic rings. The van der Waals surface area contributed by atoms with Crippen molar-refractivity contribution >= 4 is 17.0 Å². The van der Waals surface area contributed by atoms with Crippen molar-refractivity contribution in [2.24, 2.45) is 5.90 Å². The minimum absolute atomic E-state index is 0.159. The Kier molecular flexibility index (Phi) is 5.93. The number of anilines is 1. The molecule has 2 fully saturated rings. The van der Waals surface area contributed by atoms with Crippen LogP contribution < -0.4 is 11.6 Å². The molecule has 4 N–H and O–H groups in total. The van der Waals surface area contributed by atoms with Crippen molar-refractivity contribution in [3.63, 3.8) is 0 Å². The summed E-state index contributed by atoms with van der Waals surface area (Å²) >= 11 is 0. The predicted octanol–water partition coefficient (Wildman–Crippen LogP) is 0.737. The highest BCUT2D eigenvalue weighted by Gasteiger charge is 2.56. The number of aromatic nitrogens is 4. The lowest BCUT2D eigenvalue weighted by atomic mass is 10.1. The molecule has 2 aromatic heterocycles. The number of aryl methyl sites for hydroxylation is 1. The highest BCUT2D eigenvalue weighted by atomic mass is 16.8. The quantitative estimate of drug-likeness (QED) is 0.464. The van der Waals surface area contributed by atoms with Crippen molar-refractivity contribution < 1.29 is 19.0 Å². The van der Waals surface area contributed by atoms with Gasteiger partial charge < -0.3 is 29.7 Å². The van der Waals surface area contributed by atoms with E-state index in [9.17, 15) is 0 Å². The van der Waals surface area contributed by atoms with Crippen molar-refractivity contribution in [1.29, 1.82) is 0 Å². The zero-order valence-electron chi connectivity index (χ0n) is 17.9. The van der Waals surface area contributed by atoms with E-state index in [1.54, 1.807) is 0 Å². The number of nitrogens with two attached hydrogens (primary N) is 2. The van der Waals surface area contributed by atoms with Gasteiger partial charge in [-0.05, 0) is 47.2 Å². The number of hydrogen-bond acceptors (Lipinski definition) is 10. The van der Waals surface area contributed by atoms with E-state index in [0.717, 1.165) is 25.2 Å². The summed E-state index contributed by atoms with van der Waals surface area (Å²) in [5.41, 5.74) is 7.20. The lowest BCUT2D eigenvalue weighted by Gasteiger charge is -2.27. The summed E-state index contributed by atoms with van der Waals surface area (Å²) in [4.78, 5) is 19.9. The number of rotatable bonds is 8. The third kappa shape index (κ3) is 4.01. The van der Waals surface area contributed by atoms with Crippen LogP contribution in [-0.4, -0.2) is 75.3 Å². The highest BCUT2D eigenvalue weighted by molar-refractivity contribution is 5.81. The molecule has 30 heavy (non-hydrogen) atoms. The fourth-order valence-electron chi connectivity index (χ4n) is 4.32. The van der Waals surface area contributed by atoms with Gasteiger partial charge in [-0.3, -0.25) is 4.57 Å². The van der Waals surface area contributed by atoms with Crippen molar-refractivity contribution in [2.45, 2.75) is 63.9 Å². The Morgan fingerprint density at radius 2 is 2.00 bits per heavy atom. The number of nitrogen functional groups attached to an aromatic ring is 1. The molecule has 4 heterocycles. The van der Waals surface area contributed by atoms with E-state index in [1.807, 2.05) is 25.3 Å². The van der Waals surface area contributed by atoms with Crippen LogP contribution in [0.1, 0.15) is 38.7 Å². The van der Waals surface area contributed by atoms with Crippen molar-refractivity contribution in [3.8, 4) is 0 Å². The Morgan fingerprint density at radius 1 is 1.23 bits per heavy atom. The standard InChI is InChI=1S/C19H31N7O4/c1-11-24-13-16(20)22-10-23-17(13)26(11)18-15-14(29-19(2,3)30-15)12(28-18)9-25(4)7-5-6-8-27-21/h10,12,14-15,18H,5-9,21H2,1-4H3,(H2,20,22,23)/t12-,14-,15-,18-/m1/s1. The van der Waals surface area contributed by atoms with Gasteiger partial charge in [-0.15, -0.1) is 0 Å². The molecule has 4 atom stereocenters. The Hall–Kier alpha value is -1.89. The maximum Gasteiger partial charge on any atom is 0.167 e. The summed E-state index contributed by atoms with van der Waals surface area (Å²) in [5, 5.41) is 0. The molecule has 2 saturated heterocycles. The third-order valence-corrected chi connectivity index (χ3v) is 5.61. The van der Waals surface area contributed by atoms with Gasteiger partial charge in [0.25, 0.3) is 0 Å². The Labute approximate surface area is 175 Å². The van der Waals surface area contributed by atoms with Crippen LogP contribution in [0.3, 0.4) is 0 Å². The first kappa shape index (κ1) is 21.3. The van der Waals surface area contributed by atoms with E-state index >= 15 is 0 Å². The lowest BCUT2D eigenvalue weighted by Crippen LogP contribution is -2.38. The molecule has 0 spiro atoms. The summed E-state index contributed by atoms with van der Waals surface area (Å²) in [5.74, 6) is 5.49. The van der Waals surface area contributed by atoms with Gasteiger partial charge in [-0.25, -0.2) is 20.8 Å². The van der Waals surface area contributed by atoms with Crippen LogP contribution in [-0.2, 0) is 19.0 Å². The lowest BCUT2D eigenvalue weighted by molar-refractivity contribution is -0.197. The van der Waals surface area contributed by atoms with Gasteiger partial charge in [0.05, 0.1) is 6.61 Å². The van der Waals surface area contributed by atoms with Crippen LogP contribution in [0.4, 0.5) is 5.82 Å². The second kappa shape index (κ2) is 8.33. The fraction of sp³-hybridized carbons (Fsp3) is 0.737. The Balaban J connectivity index is 1.57. The monoisotopic (exact) mass is 421 g/mol. The highest BCUT2D eigenvalue weighted by Crippen LogP contribution is 2.44. The Bertz CT molecular complexity index is 889. The molecule has 0 aliphatic carbocycles. The smallest absolute Gasteiger partial charge is 0.167 e. The van der Waals surface area contributed by atoms with Crippen LogP contribution in [0.15, 0.2) is 6.33 Å². The number of nitrogens with zero attached hydrogens (tertiary/aromatic N) is 5. The van der Waals surface area contributed by atoms with Gasteiger partial charge >= 0.3 is 0 Å². The molecule has 2 aromatic rings. The van der Waals surface area contributed by atoms with Gasteiger partial charge in [0.1, 0.15) is 30.5 Å². The number of imidazole rings is 1. The Morgan fingerprint density at radius 3 is 2.77 bits per heavy atom. The number of likely N-dealkylation sites (N-methyl/N-ethyl adjacent to an activating group) is 1. The minimum atomic E-state index is -0.690. The van der Waals surface area contributed by atoms with Crippen LogP contribution in [0, 0.1) is 6.92 Å². The van der Waals surface area contributed by atoms with E-state index in [0.29, 0.717) is 30.1 Å². The van der Waals surface area contributed by atoms with Crippen molar-refractivity contribution in [2.75, 3.05) is 32.5 Å². The van der Waals surface area contributed by atoms with E-state index in [4.69, 9.17) is 25.8 Å². The number of hydrogen-bond donors (Lipinski definition) is 2. The summed E-state index contributed by atoms with van der Waals surface area (Å²) in [6.07, 6.45) is 2.28. The molecule has 2 aliphatic heterocycles. The van der Waals surface area contributed by atoms with Crippen LogP contribution in [0.2, 0.25) is 0 Å². The van der Waals surface area contributed by atoms with Crippen LogP contribution in [0.25, 0.3) is 11.2 Å². The summed E-state index contributed by atoms with van der Waals surface area (Å²) in [7, 11) is 2.07. The predicted molar refractivity (Wildman–Crippen MR) is 109 cm³/mol. The van der Waals surface area contributed by atoms with Gasteiger partial charge in [0, 0.05) is 6.54 Å². The summed E-state index contributed by atoms with van der Waals surface area (Å²) in [6.45, 7) is 7.93. The van der Waals surface area contributed by atoms with Gasteiger partial charge in [-0.1, -0.05) is 0 Å². The first-order valence-electron chi connectivity index (χ1n) is 10.3. The minimum Gasteiger partial charge on any atom is -0.382 e. The average molecular weight is 422 g/mol. The van der Waals surface area contributed by atoms with E-state index in [-0.39, 0.29) is 18.3 Å². The van der Waals surface area contributed by atoms with Crippen LogP contribution in [0.5, 0.6) is 0 Å². The molecular weight excluding hydrogens is 390 g/mol. The normalized spacial score (nSPS) is 27.9. The third-order valence-electron chi connectivity index (χ3n) is 5.61. The van der Waals surface area contributed by atoms with E-state index in [2.05, 4.69) is 31.7 Å². The van der Waals surface area contributed by atoms with Gasteiger partial charge in [-0.2, -0.15) is 0 Å². The molecule has 4 rings (SSSR count). The van der Waals surface area contributed by atoms with E-state index < -0.39 is 12.0 Å². The molecule has 0 amide bonds. The molecule has 0 unspecified atom stereocenters. The van der Waals surface area contributed by atoms with Gasteiger partial charge in [0.15, 0.2) is 29.0 Å². The first-order chi connectivity index (χ1) is 14.3. The fourth-order valence-corrected chi connectivity index (χ4v) is 4.32. The number of fused-ring (bicyclic) bond motifs is 2. The molecule has 0 bridgehead atoms. The second-order valence-electron chi connectivity index (χ2n) is 8.43. The topological polar surface area (TPSA) is 136 Å².